The van der Waals surface area contributed by atoms with Crippen molar-refractivity contribution in [2.75, 3.05) is 13.6 Å². The SMILES string of the molecule is CN(C(=O)OC(C)(C)C)[C@H](CCc1ccccc1)C(=O)N1CCC[C@H]1C(=O)O. The molecular weight excluding hydrogens is 360 g/mol. The van der Waals surface area contributed by atoms with Gasteiger partial charge in [0.15, 0.2) is 0 Å². The van der Waals surface area contributed by atoms with Gasteiger partial charge in [0.05, 0.1) is 0 Å². The Morgan fingerprint density at radius 2 is 1.89 bits per heavy atom. The molecule has 1 fully saturated rings. The Morgan fingerprint density at radius 1 is 1.25 bits per heavy atom. The molecule has 1 aliphatic heterocycles. The van der Waals surface area contributed by atoms with Crippen molar-refractivity contribution in [3.63, 3.8) is 0 Å². The smallest absolute Gasteiger partial charge is 0.410 e. The highest BCUT2D eigenvalue weighted by Crippen LogP contribution is 2.22. The summed E-state index contributed by atoms with van der Waals surface area (Å²) in [5.74, 6) is -1.35. The highest BCUT2D eigenvalue weighted by molar-refractivity contribution is 5.89. The van der Waals surface area contributed by atoms with E-state index in [-0.39, 0.29) is 5.91 Å². The summed E-state index contributed by atoms with van der Waals surface area (Å²) in [6.45, 7) is 5.68. The number of ether oxygens (including phenoxy) is 1. The molecule has 1 aromatic carbocycles. The second-order valence-electron chi connectivity index (χ2n) is 8.16. The largest absolute Gasteiger partial charge is 0.480 e. The van der Waals surface area contributed by atoms with Gasteiger partial charge in [-0.05, 0) is 52.0 Å². The summed E-state index contributed by atoms with van der Waals surface area (Å²) in [7, 11) is 1.54. The van der Waals surface area contributed by atoms with E-state index in [0.29, 0.717) is 32.2 Å². The third kappa shape index (κ3) is 5.71. The van der Waals surface area contributed by atoms with Crippen molar-refractivity contribution in [3.8, 4) is 0 Å². The molecule has 2 rings (SSSR count). The molecule has 0 radical (unpaired) electrons. The van der Waals surface area contributed by atoms with Crippen LogP contribution < -0.4 is 0 Å². The number of amides is 2. The first-order chi connectivity index (χ1) is 13.1. The predicted molar refractivity (Wildman–Crippen MR) is 105 cm³/mol. The van der Waals surface area contributed by atoms with Gasteiger partial charge in [0.2, 0.25) is 5.91 Å². The quantitative estimate of drug-likeness (QED) is 0.807. The molecule has 154 valence electrons. The summed E-state index contributed by atoms with van der Waals surface area (Å²) < 4.78 is 5.42. The maximum atomic E-state index is 13.2. The lowest BCUT2D eigenvalue weighted by molar-refractivity contribution is -0.150. The standard InChI is InChI=1S/C21H30N2O5/c1-21(2,3)28-20(27)22(4)16(13-12-15-9-6-5-7-10-15)18(24)23-14-8-11-17(23)19(25)26/h5-7,9-10,16-17H,8,11-14H2,1-4H3,(H,25,26)/t16-,17+/m1/s1. The summed E-state index contributed by atoms with van der Waals surface area (Å²) in [6, 6.07) is 8.07. The van der Waals surface area contributed by atoms with E-state index in [2.05, 4.69) is 0 Å². The Balaban J connectivity index is 2.20. The molecule has 0 aliphatic carbocycles. The molecule has 0 unspecified atom stereocenters. The monoisotopic (exact) mass is 390 g/mol. The third-order valence-corrected chi connectivity index (χ3v) is 4.80. The van der Waals surface area contributed by atoms with Crippen LogP contribution in [0.5, 0.6) is 0 Å². The Labute approximate surface area is 166 Å². The van der Waals surface area contributed by atoms with Gasteiger partial charge in [0.1, 0.15) is 17.7 Å². The van der Waals surface area contributed by atoms with E-state index in [4.69, 9.17) is 4.74 Å². The maximum Gasteiger partial charge on any atom is 0.410 e. The van der Waals surface area contributed by atoms with Crippen LogP contribution in [0.15, 0.2) is 30.3 Å². The van der Waals surface area contributed by atoms with E-state index >= 15 is 0 Å². The molecule has 0 saturated carbocycles. The lowest BCUT2D eigenvalue weighted by Gasteiger charge is -2.33. The van der Waals surface area contributed by atoms with E-state index in [1.54, 1.807) is 20.8 Å². The first kappa shape index (κ1) is 21.7. The lowest BCUT2D eigenvalue weighted by atomic mass is 10.0. The molecule has 1 aliphatic rings. The number of carbonyl (C=O) groups is 3. The molecular formula is C21H30N2O5. The van der Waals surface area contributed by atoms with E-state index in [1.807, 2.05) is 30.3 Å². The van der Waals surface area contributed by atoms with Gasteiger partial charge in [-0.3, -0.25) is 9.69 Å². The number of carboxylic acid groups (broad SMARTS) is 1. The molecule has 1 N–H and O–H groups in total. The number of hydrogen-bond acceptors (Lipinski definition) is 4. The van der Waals surface area contributed by atoms with Crippen LogP contribution in [-0.4, -0.2) is 64.2 Å². The second kappa shape index (κ2) is 9.08. The fourth-order valence-electron chi connectivity index (χ4n) is 3.37. The molecule has 2 amide bonds. The van der Waals surface area contributed by atoms with Crippen molar-refractivity contribution in [2.45, 2.75) is 64.1 Å². The summed E-state index contributed by atoms with van der Waals surface area (Å²) in [4.78, 5) is 40.0. The minimum absolute atomic E-state index is 0.339. The topological polar surface area (TPSA) is 87.2 Å². The Kier molecular flexibility index (Phi) is 7.05. The Hall–Kier alpha value is -2.57. The van der Waals surface area contributed by atoms with E-state index in [9.17, 15) is 19.5 Å². The van der Waals surface area contributed by atoms with Crippen LogP contribution in [0.4, 0.5) is 4.79 Å². The van der Waals surface area contributed by atoms with Crippen LogP contribution in [-0.2, 0) is 20.7 Å². The fraction of sp³-hybridized carbons (Fsp3) is 0.571. The van der Waals surface area contributed by atoms with E-state index in [0.717, 1.165) is 5.56 Å². The van der Waals surface area contributed by atoms with E-state index < -0.39 is 29.7 Å². The number of likely N-dealkylation sites (tertiary alicyclic amines) is 1. The number of carboxylic acids is 1. The summed E-state index contributed by atoms with van der Waals surface area (Å²) in [5, 5.41) is 9.42. The molecule has 0 aromatic heterocycles. The Bertz CT molecular complexity index is 698. The van der Waals surface area contributed by atoms with Crippen LogP contribution in [0.25, 0.3) is 0 Å². The predicted octanol–water partition coefficient (Wildman–Crippen LogP) is 2.93. The second-order valence-corrected chi connectivity index (χ2v) is 8.16. The van der Waals surface area contributed by atoms with Crippen molar-refractivity contribution in [1.29, 1.82) is 0 Å². The molecule has 28 heavy (non-hydrogen) atoms. The van der Waals surface area contributed by atoms with Crippen LogP contribution in [0.3, 0.4) is 0 Å². The van der Waals surface area contributed by atoms with Gasteiger partial charge in [-0.1, -0.05) is 30.3 Å². The van der Waals surface area contributed by atoms with Crippen LogP contribution in [0.2, 0.25) is 0 Å². The zero-order valence-corrected chi connectivity index (χ0v) is 17.1. The van der Waals surface area contributed by atoms with Crippen molar-refractivity contribution in [1.82, 2.24) is 9.80 Å². The van der Waals surface area contributed by atoms with Crippen LogP contribution >= 0.6 is 0 Å². The minimum Gasteiger partial charge on any atom is -0.480 e. The average molecular weight is 390 g/mol. The maximum absolute atomic E-state index is 13.2. The van der Waals surface area contributed by atoms with Crippen molar-refractivity contribution >= 4 is 18.0 Å². The molecule has 7 heteroatoms. The summed E-state index contributed by atoms with van der Waals surface area (Å²) in [5.41, 5.74) is 0.365. The number of hydrogen-bond donors (Lipinski definition) is 1. The normalized spacial score (nSPS) is 17.9. The van der Waals surface area contributed by atoms with Gasteiger partial charge in [0, 0.05) is 13.6 Å². The van der Waals surface area contributed by atoms with Gasteiger partial charge in [-0.2, -0.15) is 0 Å². The van der Waals surface area contributed by atoms with Crippen molar-refractivity contribution < 1.29 is 24.2 Å². The van der Waals surface area contributed by atoms with Gasteiger partial charge in [-0.15, -0.1) is 0 Å². The van der Waals surface area contributed by atoms with E-state index in [1.165, 1.54) is 16.8 Å². The van der Waals surface area contributed by atoms with Gasteiger partial charge < -0.3 is 14.7 Å². The number of carbonyl (C=O) groups excluding carboxylic acids is 2. The zero-order chi connectivity index (χ0) is 20.9. The molecule has 1 aromatic rings. The Morgan fingerprint density at radius 3 is 2.46 bits per heavy atom. The molecule has 1 heterocycles. The third-order valence-electron chi connectivity index (χ3n) is 4.80. The van der Waals surface area contributed by atoms with Gasteiger partial charge >= 0.3 is 12.1 Å². The number of aryl methyl sites for hydroxylation is 1. The molecule has 2 atom stereocenters. The van der Waals surface area contributed by atoms with Crippen LogP contribution in [0, 0.1) is 0 Å². The van der Waals surface area contributed by atoms with Crippen LogP contribution in [0.1, 0.15) is 45.6 Å². The number of nitrogens with zero attached hydrogens (tertiary/aromatic N) is 2. The first-order valence-electron chi connectivity index (χ1n) is 9.63. The summed E-state index contributed by atoms with van der Waals surface area (Å²) in [6.07, 6.45) is 1.47. The number of benzene rings is 1. The highest BCUT2D eigenvalue weighted by Gasteiger charge is 2.40. The zero-order valence-electron chi connectivity index (χ0n) is 17.1. The molecule has 0 bridgehead atoms. The molecule has 7 nitrogen and oxygen atoms in total. The van der Waals surface area contributed by atoms with Crippen molar-refractivity contribution in [3.05, 3.63) is 35.9 Å². The highest BCUT2D eigenvalue weighted by atomic mass is 16.6. The van der Waals surface area contributed by atoms with Gasteiger partial charge in [-0.25, -0.2) is 9.59 Å². The minimum atomic E-state index is -1.01. The number of aliphatic carboxylic acids is 1. The first-order valence-corrected chi connectivity index (χ1v) is 9.63. The summed E-state index contributed by atoms with van der Waals surface area (Å²) >= 11 is 0. The van der Waals surface area contributed by atoms with Crippen molar-refractivity contribution in [2.24, 2.45) is 0 Å². The fourth-order valence-corrected chi connectivity index (χ4v) is 3.37. The molecule has 1 saturated heterocycles. The lowest BCUT2D eigenvalue weighted by Crippen LogP contribution is -2.53. The van der Waals surface area contributed by atoms with Gasteiger partial charge in [0.25, 0.3) is 0 Å². The number of rotatable bonds is 6. The molecule has 0 spiro atoms. The number of likely N-dealkylation sites (N-methyl/N-ethyl adjacent to an activating group) is 1. The average Bonchev–Trinajstić information content (AvgIpc) is 3.11.